The van der Waals surface area contributed by atoms with Crippen LogP contribution in [0.1, 0.15) is 11.1 Å². The van der Waals surface area contributed by atoms with Gasteiger partial charge in [0.15, 0.2) is 11.5 Å². The number of ether oxygens (including phenoxy) is 3. The van der Waals surface area contributed by atoms with Crippen LogP contribution in [-0.4, -0.2) is 37.4 Å². The van der Waals surface area contributed by atoms with Crippen molar-refractivity contribution in [3.8, 4) is 11.5 Å². The predicted molar refractivity (Wildman–Crippen MR) is 107 cm³/mol. The van der Waals surface area contributed by atoms with E-state index in [-0.39, 0.29) is 18.6 Å². The van der Waals surface area contributed by atoms with Crippen molar-refractivity contribution in [2.75, 3.05) is 20.8 Å². The van der Waals surface area contributed by atoms with E-state index in [1.165, 1.54) is 7.11 Å². The molecule has 28 heavy (non-hydrogen) atoms. The van der Waals surface area contributed by atoms with Crippen LogP contribution in [0.5, 0.6) is 11.5 Å². The van der Waals surface area contributed by atoms with Crippen molar-refractivity contribution < 1.29 is 19.0 Å². The Kier molecular flexibility index (Phi) is 5.21. The molecule has 2 heterocycles. The lowest BCUT2D eigenvalue weighted by Crippen LogP contribution is -2.38. The monoisotopic (exact) mass is 380 g/mol. The van der Waals surface area contributed by atoms with Crippen molar-refractivity contribution in [2.45, 2.75) is 25.6 Å². The summed E-state index contributed by atoms with van der Waals surface area (Å²) in [5, 5.41) is 4.73. The molecule has 1 unspecified atom stereocenters. The topological polar surface area (TPSA) is 61.7 Å². The summed E-state index contributed by atoms with van der Waals surface area (Å²) in [6.07, 6.45) is 2.91. The van der Waals surface area contributed by atoms with E-state index in [9.17, 15) is 4.79 Å². The first-order valence-corrected chi connectivity index (χ1v) is 9.35. The second kappa shape index (κ2) is 7.94. The zero-order valence-electron chi connectivity index (χ0n) is 16.1. The van der Waals surface area contributed by atoms with E-state index in [4.69, 9.17) is 14.2 Å². The third-order valence-electron chi connectivity index (χ3n) is 5.15. The lowest BCUT2D eigenvalue weighted by atomic mass is 10.0. The van der Waals surface area contributed by atoms with Crippen LogP contribution < -0.4 is 14.8 Å². The first kappa shape index (κ1) is 18.4. The number of hydrogen-bond donors (Lipinski definition) is 1. The molecular formula is C22H24N2O4. The molecule has 0 aliphatic carbocycles. The lowest BCUT2D eigenvalue weighted by Gasteiger charge is -2.27. The number of esters is 1. The maximum absolute atomic E-state index is 11.7. The Balaban J connectivity index is 1.49. The van der Waals surface area contributed by atoms with E-state index < -0.39 is 0 Å². The van der Waals surface area contributed by atoms with Gasteiger partial charge in [0.25, 0.3) is 0 Å². The summed E-state index contributed by atoms with van der Waals surface area (Å²) in [6.45, 7) is 1.49. The van der Waals surface area contributed by atoms with Gasteiger partial charge in [0.2, 0.25) is 0 Å². The van der Waals surface area contributed by atoms with E-state index in [0.717, 1.165) is 39.9 Å². The molecule has 0 radical (unpaired) electrons. The summed E-state index contributed by atoms with van der Waals surface area (Å²) in [6, 6.07) is 14.3. The van der Waals surface area contributed by atoms with Crippen molar-refractivity contribution in [1.82, 2.24) is 9.88 Å². The van der Waals surface area contributed by atoms with Crippen LogP contribution in [0.3, 0.4) is 0 Å². The average molecular weight is 380 g/mol. The second-order valence-corrected chi connectivity index (χ2v) is 6.92. The minimum Gasteiger partial charge on any atom is -0.493 e. The molecule has 6 heteroatoms. The number of fused-ring (bicyclic) bond motifs is 2. The molecule has 2 aromatic carbocycles. The lowest BCUT2D eigenvalue weighted by molar-refractivity contribution is -0.141. The van der Waals surface area contributed by atoms with E-state index in [2.05, 4.69) is 17.4 Å². The summed E-state index contributed by atoms with van der Waals surface area (Å²) < 4.78 is 18.1. The Morgan fingerprint density at radius 1 is 1.21 bits per heavy atom. The predicted octanol–water partition coefficient (Wildman–Crippen LogP) is 2.92. The van der Waals surface area contributed by atoms with Crippen molar-refractivity contribution in [3.05, 3.63) is 59.8 Å². The van der Waals surface area contributed by atoms with Gasteiger partial charge >= 0.3 is 5.97 Å². The maximum Gasteiger partial charge on any atom is 0.325 e. The molecule has 1 N–H and O–H groups in total. The van der Waals surface area contributed by atoms with Crippen molar-refractivity contribution in [2.24, 2.45) is 0 Å². The molecule has 0 saturated carbocycles. The molecule has 1 aliphatic heterocycles. The normalized spacial score (nSPS) is 15.7. The van der Waals surface area contributed by atoms with E-state index in [0.29, 0.717) is 13.2 Å². The number of carbonyl (C=O) groups excluding carboxylic acids is 1. The first-order chi connectivity index (χ1) is 13.7. The smallest absolute Gasteiger partial charge is 0.325 e. The number of aromatic nitrogens is 1. The highest BCUT2D eigenvalue weighted by Gasteiger charge is 2.22. The highest BCUT2D eigenvalue weighted by Crippen LogP contribution is 2.34. The molecule has 1 aliphatic rings. The Hall–Kier alpha value is -2.99. The van der Waals surface area contributed by atoms with E-state index >= 15 is 0 Å². The number of nitrogens with one attached hydrogen (secondary N) is 1. The van der Waals surface area contributed by atoms with Crippen LogP contribution in [-0.2, 0) is 29.0 Å². The number of carbonyl (C=O) groups is 1. The van der Waals surface area contributed by atoms with E-state index in [1.807, 2.05) is 41.1 Å². The van der Waals surface area contributed by atoms with Gasteiger partial charge < -0.3 is 24.1 Å². The Labute approximate surface area is 164 Å². The molecule has 0 fully saturated rings. The Morgan fingerprint density at radius 3 is 2.89 bits per heavy atom. The molecule has 0 amide bonds. The number of methoxy groups -OCH3 is 2. The summed E-state index contributed by atoms with van der Waals surface area (Å²) >= 11 is 0. The molecule has 6 nitrogen and oxygen atoms in total. The molecule has 0 spiro atoms. The van der Waals surface area contributed by atoms with Gasteiger partial charge in [0.05, 0.1) is 14.2 Å². The standard InChI is InChI=1S/C22H24N2O4/c1-26-20-9-5-6-15-10-17(14-28-22(15)20)23-11-16-12-24(13-21(25)27-2)19-8-4-3-7-18(16)19/h3-9,12,17,23H,10-11,13-14H2,1-2H3. The molecule has 0 saturated heterocycles. The van der Waals surface area contributed by atoms with Gasteiger partial charge in [-0.1, -0.05) is 30.3 Å². The molecule has 4 rings (SSSR count). The van der Waals surface area contributed by atoms with Crippen LogP contribution in [0.4, 0.5) is 0 Å². The molecule has 146 valence electrons. The van der Waals surface area contributed by atoms with Gasteiger partial charge in [-0.2, -0.15) is 0 Å². The maximum atomic E-state index is 11.7. The zero-order chi connectivity index (χ0) is 19.5. The molecular weight excluding hydrogens is 356 g/mol. The largest absolute Gasteiger partial charge is 0.493 e. The van der Waals surface area contributed by atoms with Gasteiger partial charge in [-0.15, -0.1) is 0 Å². The number of rotatable bonds is 6. The van der Waals surface area contributed by atoms with Gasteiger partial charge in [0, 0.05) is 29.7 Å². The number of nitrogens with zero attached hydrogens (tertiary/aromatic N) is 1. The number of benzene rings is 2. The van der Waals surface area contributed by atoms with Crippen molar-refractivity contribution >= 4 is 16.9 Å². The van der Waals surface area contributed by atoms with Crippen LogP contribution >= 0.6 is 0 Å². The van der Waals surface area contributed by atoms with Crippen LogP contribution in [0.2, 0.25) is 0 Å². The third-order valence-corrected chi connectivity index (χ3v) is 5.15. The molecule has 3 aromatic rings. The zero-order valence-corrected chi connectivity index (χ0v) is 16.1. The fraction of sp³-hybridized carbons (Fsp3) is 0.318. The summed E-state index contributed by atoms with van der Waals surface area (Å²) in [4.78, 5) is 11.7. The van der Waals surface area contributed by atoms with Crippen molar-refractivity contribution in [1.29, 1.82) is 0 Å². The van der Waals surface area contributed by atoms with Crippen LogP contribution in [0, 0.1) is 0 Å². The second-order valence-electron chi connectivity index (χ2n) is 6.92. The van der Waals surface area contributed by atoms with Gasteiger partial charge in [-0.3, -0.25) is 4.79 Å². The minimum atomic E-state index is -0.258. The molecule has 1 atom stereocenters. The average Bonchev–Trinajstić information content (AvgIpc) is 3.09. The van der Waals surface area contributed by atoms with Crippen LogP contribution in [0.15, 0.2) is 48.7 Å². The van der Waals surface area contributed by atoms with Crippen molar-refractivity contribution in [3.63, 3.8) is 0 Å². The highest BCUT2D eigenvalue weighted by molar-refractivity contribution is 5.85. The number of para-hydroxylation sites is 2. The first-order valence-electron chi connectivity index (χ1n) is 9.35. The fourth-order valence-electron chi connectivity index (χ4n) is 3.74. The Bertz CT molecular complexity index is 995. The number of hydrogen-bond acceptors (Lipinski definition) is 5. The van der Waals surface area contributed by atoms with Gasteiger partial charge in [0.1, 0.15) is 13.2 Å². The minimum absolute atomic E-state index is 0.205. The summed E-state index contributed by atoms with van der Waals surface area (Å²) in [5.41, 5.74) is 3.33. The highest BCUT2D eigenvalue weighted by atomic mass is 16.5. The van der Waals surface area contributed by atoms with Crippen LogP contribution in [0.25, 0.3) is 10.9 Å². The summed E-state index contributed by atoms with van der Waals surface area (Å²) in [5.74, 6) is 1.37. The fourth-order valence-corrected chi connectivity index (χ4v) is 3.74. The molecule has 0 bridgehead atoms. The third kappa shape index (κ3) is 3.55. The quantitative estimate of drug-likeness (QED) is 0.667. The van der Waals surface area contributed by atoms with Gasteiger partial charge in [-0.05, 0) is 29.7 Å². The SMILES string of the molecule is COC(=O)Cn1cc(CNC2COc3c(cccc3OC)C2)c2ccccc21. The summed E-state index contributed by atoms with van der Waals surface area (Å²) in [7, 11) is 3.07. The molecule has 1 aromatic heterocycles. The Morgan fingerprint density at radius 2 is 2.07 bits per heavy atom. The van der Waals surface area contributed by atoms with E-state index in [1.54, 1.807) is 7.11 Å². The van der Waals surface area contributed by atoms with Gasteiger partial charge in [-0.25, -0.2) is 0 Å².